The number of imidazole rings is 1. The number of nitrogens with one attached hydrogen (secondary N) is 1. The van der Waals surface area contributed by atoms with Crippen molar-refractivity contribution in [2.24, 2.45) is 7.05 Å². The van der Waals surface area contributed by atoms with Gasteiger partial charge in [-0.3, -0.25) is 9.69 Å². The Morgan fingerprint density at radius 1 is 1.06 bits per heavy atom. The lowest BCUT2D eigenvalue weighted by Crippen LogP contribution is -2.49. The van der Waals surface area contributed by atoms with E-state index in [1.54, 1.807) is 31.1 Å². The topological polar surface area (TPSA) is 73.7 Å². The molecule has 1 N–H and O–H groups in total. The summed E-state index contributed by atoms with van der Waals surface area (Å²) < 4.78 is 29.1. The summed E-state index contributed by atoms with van der Waals surface area (Å²) in [5.74, 6) is -0.506. The third-order valence-electron chi connectivity index (χ3n) is 5.82. The van der Waals surface area contributed by atoms with Crippen LogP contribution in [0.1, 0.15) is 16.2 Å². The van der Waals surface area contributed by atoms with Crippen LogP contribution >= 0.6 is 0 Å². The Kier molecular flexibility index (Phi) is 6.28. The monoisotopic (exact) mass is 456 g/mol. The third kappa shape index (κ3) is 4.80. The number of rotatable bonds is 4. The van der Waals surface area contributed by atoms with Gasteiger partial charge in [-0.25, -0.2) is 18.6 Å². The van der Waals surface area contributed by atoms with Crippen LogP contribution in [0.2, 0.25) is 0 Å². The van der Waals surface area contributed by atoms with Crippen molar-refractivity contribution in [3.8, 4) is 0 Å². The summed E-state index contributed by atoms with van der Waals surface area (Å²) in [4.78, 5) is 34.7. The van der Waals surface area contributed by atoms with Crippen molar-refractivity contribution in [3.05, 3.63) is 59.4 Å². The fraction of sp³-hybridized carbons (Fsp3) is 0.348. The summed E-state index contributed by atoms with van der Waals surface area (Å²) in [6.45, 7) is 2.73. The van der Waals surface area contributed by atoms with Crippen molar-refractivity contribution in [1.82, 2.24) is 24.3 Å². The molecule has 174 valence electrons. The maximum absolute atomic E-state index is 13.8. The van der Waals surface area contributed by atoms with Gasteiger partial charge in [0.25, 0.3) is 5.91 Å². The van der Waals surface area contributed by atoms with Crippen LogP contribution in [0.3, 0.4) is 0 Å². The standard InChI is InChI=1S/C23H26F2N6O2/c1-28(2)22(32)15-4-7-20-19(12-15)26-21(29(20)3)14-30-8-10-31(11-9-30)23(33)27-18-13-16(24)5-6-17(18)25/h4-7,12-13H,8-11,14H2,1-3H3,(H,27,33). The van der Waals surface area contributed by atoms with Gasteiger partial charge in [0.1, 0.15) is 17.5 Å². The molecule has 0 unspecified atom stereocenters. The summed E-state index contributed by atoms with van der Waals surface area (Å²) >= 11 is 0. The second kappa shape index (κ2) is 9.14. The van der Waals surface area contributed by atoms with Gasteiger partial charge in [-0.05, 0) is 30.3 Å². The number of anilines is 1. The minimum absolute atomic E-state index is 0.0726. The molecule has 1 aliphatic heterocycles. The molecule has 0 aliphatic carbocycles. The second-order valence-corrected chi connectivity index (χ2v) is 8.31. The zero-order valence-corrected chi connectivity index (χ0v) is 18.8. The van der Waals surface area contributed by atoms with Gasteiger partial charge in [0.15, 0.2) is 0 Å². The maximum Gasteiger partial charge on any atom is 0.322 e. The van der Waals surface area contributed by atoms with Crippen molar-refractivity contribution in [2.45, 2.75) is 6.54 Å². The van der Waals surface area contributed by atoms with Gasteiger partial charge in [0, 0.05) is 59.0 Å². The van der Waals surface area contributed by atoms with E-state index in [2.05, 4.69) is 10.2 Å². The highest BCUT2D eigenvalue weighted by atomic mass is 19.1. The van der Waals surface area contributed by atoms with E-state index in [4.69, 9.17) is 4.98 Å². The number of hydrogen-bond donors (Lipinski definition) is 1. The molecule has 3 amide bonds. The smallest absolute Gasteiger partial charge is 0.322 e. The van der Waals surface area contributed by atoms with Gasteiger partial charge in [0.2, 0.25) is 0 Å². The van der Waals surface area contributed by atoms with E-state index in [0.29, 0.717) is 38.3 Å². The number of amides is 3. The molecule has 8 nitrogen and oxygen atoms in total. The predicted octanol–water partition coefficient (Wildman–Crippen LogP) is 2.90. The fourth-order valence-electron chi connectivity index (χ4n) is 3.88. The van der Waals surface area contributed by atoms with Gasteiger partial charge in [-0.15, -0.1) is 0 Å². The van der Waals surface area contributed by atoms with Crippen LogP contribution in [0.15, 0.2) is 36.4 Å². The molecule has 1 fully saturated rings. The minimum atomic E-state index is -0.680. The number of aromatic nitrogens is 2. The number of benzene rings is 2. The minimum Gasteiger partial charge on any atom is -0.345 e. The largest absolute Gasteiger partial charge is 0.345 e. The average Bonchev–Trinajstić information content (AvgIpc) is 3.10. The number of fused-ring (bicyclic) bond motifs is 1. The molecule has 0 radical (unpaired) electrons. The van der Waals surface area contributed by atoms with Crippen molar-refractivity contribution in [2.75, 3.05) is 45.6 Å². The van der Waals surface area contributed by atoms with E-state index >= 15 is 0 Å². The van der Waals surface area contributed by atoms with E-state index in [9.17, 15) is 18.4 Å². The van der Waals surface area contributed by atoms with Gasteiger partial charge in [-0.1, -0.05) is 0 Å². The Balaban J connectivity index is 1.38. The fourth-order valence-corrected chi connectivity index (χ4v) is 3.88. The molecule has 4 rings (SSSR count). The van der Waals surface area contributed by atoms with Crippen molar-refractivity contribution in [3.63, 3.8) is 0 Å². The SMILES string of the molecule is CN(C)C(=O)c1ccc2c(c1)nc(CN1CCN(C(=O)Nc3cc(F)ccc3F)CC1)n2C. The van der Waals surface area contributed by atoms with Crippen molar-refractivity contribution < 1.29 is 18.4 Å². The lowest BCUT2D eigenvalue weighted by Gasteiger charge is -2.34. The molecule has 1 aromatic heterocycles. The van der Waals surface area contributed by atoms with Crippen LogP contribution < -0.4 is 5.32 Å². The van der Waals surface area contributed by atoms with E-state index < -0.39 is 17.7 Å². The Morgan fingerprint density at radius 3 is 2.48 bits per heavy atom. The van der Waals surface area contributed by atoms with Gasteiger partial charge >= 0.3 is 6.03 Å². The molecule has 0 atom stereocenters. The molecule has 10 heteroatoms. The number of piperazine rings is 1. The Morgan fingerprint density at radius 2 is 1.79 bits per heavy atom. The van der Waals surface area contributed by atoms with Crippen LogP contribution in [0.4, 0.5) is 19.3 Å². The molecule has 2 aromatic carbocycles. The van der Waals surface area contributed by atoms with Crippen molar-refractivity contribution >= 4 is 28.7 Å². The molecule has 33 heavy (non-hydrogen) atoms. The Hall–Kier alpha value is -3.53. The van der Waals surface area contributed by atoms with Gasteiger partial charge < -0.3 is 19.7 Å². The first-order valence-corrected chi connectivity index (χ1v) is 10.6. The van der Waals surface area contributed by atoms with Crippen LogP contribution in [-0.2, 0) is 13.6 Å². The summed E-state index contributed by atoms with van der Waals surface area (Å²) in [6, 6.07) is 8.00. The Labute approximate surface area is 190 Å². The van der Waals surface area contributed by atoms with Crippen LogP contribution in [0.25, 0.3) is 11.0 Å². The third-order valence-corrected chi connectivity index (χ3v) is 5.82. The number of carbonyl (C=O) groups excluding carboxylic acids is 2. The van der Waals surface area contributed by atoms with E-state index in [1.165, 1.54) is 4.90 Å². The molecule has 0 spiro atoms. The summed E-state index contributed by atoms with van der Waals surface area (Å²) in [5, 5.41) is 2.44. The quantitative estimate of drug-likeness (QED) is 0.655. The average molecular weight is 456 g/mol. The number of aryl methyl sites for hydroxylation is 1. The van der Waals surface area contributed by atoms with Gasteiger partial charge in [-0.2, -0.15) is 0 Å². The van der Waals surface area contributed by atoms with Crippen LogP contribution in [0, 0.1) is 11.6 Å². The molecule has 0 bridgehead atoms. The summed E-state index contributed by atoms with van der Waals surface area (Å²) in [7, 11) is 5.37. The second-order valence-electron chi connectivity index (χ2n) is 8.31. The predicted molar refractivity (Wildman–Crippen MR) is 121 cm³/mol. The zero-order chi connectivity index (χ0) is 23.7. The van der Waals surface area contributed by atoms with Crippen LogP contribution in [-0.4, -0.2) is 76.5 Å². The molecule has 1 aliphatic rings. The van der Waals surface area contributed by atoms with E-state index in [0.717, 1.165) is 35.1 Å². The number of urea groups is 1. The van der Waals surface area contributed by atoms with Crippen LogP contribution in [0.5, 0.6) is 0 Å². The molecule has 2 heterocycles. The van der Waals surface area contributed by atoms with Gasteiger partial charge in [0.05, 0.1) is 23.3 Å². The lowest BCUT2D eigenvalue weighted by molar-refractivity contribution is 0.0827. The molecule has 1 saturated heterocycles. The highest BCUT2D eigenvalue weighted by Crippen LogP contribution is 2.20. The van der Waals surface area contributed by atoms with E-state index in [1.807, 2.05) is 17.7 Å². The summed E-state index contributed by atoms with van der Waals surface area (Å²) in [5.41, 5.74) is 2.12. The number of carbonyl (C=O) groups is 2. The summed E-state index contributed by atoms with van der Waals surface area (Å²) in [6.07, 6.45) is 0. The van der Waals surface area contributed by atoms with Crippen molar-refractivity contribution in [1.29, 1.82) is 0 Å². The maximum atomic E-state index is 13.8. The lowest BCUT2D eigenvalue weighted by atomic mass is 10.2. The zero-order valence-electron chi connectivity index (χ0n) is 18.8. The molecule has 0 saturated carbocycles. The highest BCUT2D eigenvalue weighted by Gasteiger charge is 2.23. The first kappa shape index (κ1) is 22.7. The Bertz CT molecular complexity index is 1200. The normalized spacial score (nSPS) is 14.5. The molecular weight excluding hydrogens is 430 g/mol. The molecular formula is C23H26F2N6O2. The number of hydrogen-bond acceptors (Lipinski definition) is 4. The highest BCUT2D eigenvalue weighted by molar-refractivity contribution is 5.97. The number of halogens is 2. The van der Waals surface area contributed by atoms with E-state index in [-0.39, 0.29) is 11.6 Å². The first-order chi connectivity index (χ1) is 15.7. The first-order valence-electron chi connectivity index (χ1n) is 10.6. The molecule has 3 aromatic rings. The number of nitrogens with zero attached hydrogens (tertiary/aromatic N) is 5.